The van der Waals surface area contributed by atoms with Crippen LogP contribution in [0.2, 0.25) is 0 Å². The molecule has 0 radical (unpaired) electrons. The zero-order valence-electron chi connectivity index (χ0n) is 11.7. The number of fused-ring (bicyclic) bond motifs is 4. The van der Waals surface area contributed by atoms with Gasteiger partial charge in [-0.1, -0.05) is 0 Å². The summed E-state index contributed by atoms with van der Waals surface area (Å²) < 4.78 is 0. The van der Waals surface area contributed by atoms with Crippen LogP contribution in [0.1, 0.15) is 36.4 Å². The van der Waals surface area contributed by atoms with Crippen molar-refractivity contribution in [1.29, 1.82) is 0 Å². The van der Waals surface area contributed by atoms with Crippen LogP contribution >= 0.6 is 0 Å². The van der Waals surface area contributed by atoms with Crippen molar-refractivity contribution in [2.75, 3.05) is 13.1 Å². The molecule has 3 heterocycles. The van der Waals surface area contributed by atoms with Crippen LogP contribution in [0.25, 0.3) is 0 Å². The highest BCUT2D eigenvalue weighted by molar-refractivity contribution is 6.07. The summed E-state index contributed by atoms with van der Waals surface area (Å²) in [5.74, 6) is -0.0434. The first-order valence-corrected chi connectivity index (χ1v) is 7.53. The van der Waals surface area contributed by atoms with Crippen molar-refractivity contribution >= 4 is 11.6 Å². The first kappa shape index (κ1) is 12.7. The van der Waals surface area contributed by atoms with Gasteiger partial charge in [-0.25, -0.2) is 0 Å². The number of benzene rings is 1. The van der Waals surface area contributed by atoms with Gasteiger partial charge in [-0.3, -0.25) is 9.79 Å². The molecule has 4 rings (SSSR count). The minimum atomic E-state index is -0.115. The molecule has 0 saturated carbocycles. The van der Waals surface area contributed by atoms with Crippen LogP contribution in [0.15, 0.2) is 17.1 Å². The average molecular weight is 286 g/mol. The fourth-order valence-corrected chi connectivity index (χ4v) is 3.88. The molecule has 1 aromatic carbocycles. The molecule has 0 aliphatic carbocycles. The number of rotatable bonds is 0. The van der Waals surface area contributed by atoms with Gasteiger partial charge in [0.15, 0.2) is 11.5 Å². The van der Waals surface area contributed by atoms with Gasteiger partial charge in [0.25, 0.3) is 0 Å². The summed E-state index contributed by atoms with van der Waals surface area (Å²) in [7, 11) is 0. The van der Waals surface area contributed by atoms with E-state index in [0.29, 0.717) is 6.54 Å². The van der Waals surface area contributed by atoms with E-state index in [1.165, 1.54) is 0 Å². The lowest BCUT2D eigenvalue weighted by Crippen LogP contribution is -2.51. The van der Waals surface area contributed by atoms with E-state index in [0.717, 1.165) is 49.1 Å². The number of carbonyl (C=O) groups is 1. The van der Waals surface area contributed by atoms with E-state index in [1.807, 2.05) is 4.90 Å². The van der Waals surface area contributed by atoms with E-state index in [9.17, 15) is 15.0 Å². The molecule has 1 saturated heterocycles. The van der Waals surface area contributed by atoms with E-state index in [4.69, 9.17) is 0 Å². The maximum absolute atomic E-state index is 12.7. The minimum Gasteiger partial charge on any atom is -0.504 e. The maximum atomic E-state index is 12.7. The SMILES string of the molecule is O=C1C2CCCN=C2CC2c3cc(O)c(O)cc3CCN12. The zero-order chi connectivity index (χ0) is 14.6. The number of hydrogen-bond donors (Lipinski definition) is 2. The first-order valence-electron chi connectivity index (χ1n) is 7.53. The van der Waals surface area contributed by atoms with Crippen LogP contribution in [-0.2, 0) is 11.2 Å². The molecule has 1 fully saturated rings. The Morgan fingerprint density at radius 3 is 2.90 bits per heavy atom. The Morgan fingerprint density at radius 1 is 1.24 bits per heavy atom. The molecule has 0 spiro atoms. The lowest BCUT2D eigenvalue weighted by Gasteiger charge is -2.44. The number of hydrogen-bond acceptors (Lipinski definition) is 4. The molecule has 2 unspecified atom stereocenters. The van der Waals surface area contributed by atoms with Gasteiger partial charge in [0, 0.05) is 25.2 Å². The van der Waals surface area contributed by atoms with Crippen molar-refractivity contribution in [2.45, 2.75) is 31.7 Å². The molecule has 1 amide bonds. The van der Waals surface area contributed by atoms with Crippen molar-refractivity contribution in [3.05, 3.63) is 23.3 Å². The number of aliphatic imine (C=N–C) groups is 1. The van der Waals surface area contributed by atoms with E-state index >= 15 is 0 Å². The second-order valence-electron chi connectivity index (χ2n) is 6.11. The highest BCUT2D eigenvalue weighted by Gasteiger charge is 2.43. The summed E-state index contributed by atoms with van der Waals surface area (Å²) in [5, 5.41) is 19.4. The van der Waals surface area contributed by atoms with Crippen molar-refractivity contribution in [3.8, 4) is 11.5 Å². The minimum absolute atomic E-state index is 0.0257. The molecule has 5 heteroatoms. The van der Waals surface area contributed by atoms with Crippen molar-refractivity contribution in [1.82, 2.24) is 4.90 Å². The third-order valence-electron chi connectivity index (χ3n) is 4.95. The smallest absolute Gasteiger partial charge is 0.231 e. The van der Waals surface area contributed by atoms with E-state index in [1.54, 1.807) is 12.1 Å². The van der Waals surface area contributed by atoms with Gasteiger partial charge in [0.2, 0.25) is 5.91 Å². The van der Waals surface area contributed by atoms with Gasteiger partial charge in [-0.05, 0) is 42.5 Å². The average Bonchev–Trinajstić information content (AvgIpc) is 2.49. The molecule has 1 aromatic rings. The molecule has 2 atom stereocenters. The van der Waals surface area contributed by atoms with Gasteiger partial charge in [0.1, 0.15) is 0 Å². The lowest BCUT2D eigenvalue weighted by atomic mass is 9.79. The van der Waals surface area contributed by atoms with Crippen molar-refractivity contribution < 1.29 is 15.0 Å². The summed E-state index contributed by atoms with van der Waals surface area (Å²) in [6, 6.07) is 3.19. The van der Waals surface area contributed by atoms with Crippen LogP contribution in [0.5, 0.6) is 11.5 Å². The Bertz CT molecular complexity index is 653. The van der Waals surface area contributed by atoms with Crippen LogP contribution in [0.4, 0.5) is 0 Å². The Hall–Kier alpha value is -2.04. The molecule has 21 heavy (non-hydrogen) atoms. The highest BCUT2D eigenvalue weighted by atomic mass is 16.3. The molecular weight excluding hydrogens is 268 g/mol. The van der Waals surface area contributed by atoms with Crippen molar-refractivity contribution in [3.63, 3.8) is 0 Å². The normalized spacial score (nSPS) is 27.5. The Morgan fingerprint density at radius 2 is 2.05 bits per heavy atom. The highest BCUT2D eigenvalue weighted by Crippen LogP contribution is 2.43. The Kier molecular flexibility index (Phi) is 2.71. The number of nitrogens with zero attached hydrogens (tertiary/aromatic N) is 2. The molecule has 0 bridgehead atoms. The van der Waals surface area contributed by atoms with Gasteiger partial charge in [-0.15, -0.1) is 0 Å². The van der Waals surface area contributed by atoms with E-state index < -0.39 is 0 Å². The zero-order valence-corrected chi connectivity index (χ0v) is 11.7. The summed E-state index contributed by atoms with van der Waals surface area (Å²) in [4.78, 5) is 19.2. The Balaban J connectivity index is 1.78. The fourth-order valence-electron chi connectivity index (χ4n) is 3.88. The molecule has 5 nitrogen and oxygen atoms in total. The van der Waals surface area contributed by atoms with Gasteiger partial charge >= 0.3 is 0 Å². The summed E-state index contributed by atoms with van der Waals surface area (Å²) in [6.45, 7) is 1.50. The lowest BCUT2D eigenvalue weighted by molar-refractivity contribution is -0.138. The second kappa shape index (κ2) is 4.48. The molecular formula is C16H18N2O3. The standard InChI is InChI=1S/C16H18N2O3/c19-14-6-9-3-5-18-13(11(9)7-15(14)20)8-12-10(16(18)21)2-1-4-17-12/h6-7,10,13,19-20H,1-5,8H2. The number of amides is 1. The van der Waals surface area contributed by atoms with Crippen LogP contribution < -0.4 is 0 Å². The third kappa shape index (κ3) is 1.83. The monoisotopic (exact) mass is 286 g/mol. The largest absolute Gasteiger partial charge is 0.504 e. The van der Waals surface area contributed by atoms with E-state index in [2.05, 4.69) is 4.99 Å². The summed E-state index contributed by atoms with van der Waals surface area (Å²) in [6.07, 6.45) is 3.39. The van der Waals surface area contributed by atoms with Gasteiger partial charge < -0.3 is 15.1 Å². The van der Waals surface area contributed by atoms with Gasteiger partial charge in [-0.2, -0.15) is 0 Å². The first-order chi connectivity index (χ1) is 10.1. The van der Waals surface area contributed by atoms with Crippen molar-refractivity contribution in [2.24, 2.45) is 10.9 Å². The number of phenolic OH excluding ortho intramolecular Hbond substituents is 2. The number of piperidine rings is 1. The molecule has 3 aliphatic heterocycles. The molecule has 2 N–H and O–H groups in total. The summed E-state index contributed by atoms with van der Waals surface area (Å²) >= 11 is 0. The fraction of sp³-hybridized carbons (Fsp3) is 0.500. The van der Waals surface area contributed by atoms with Crippen LogP contribution in [0.3, 0.4) is 0 Å². The van der Waals surface area contributed by atoms with Crippen LogP contribution in [-0.4, -0.2) is 39.8 Å². The summed E-state index contributed by atoms with van der Waals surface area (Å²) in [5.41, 5.74) is 3.00. The number of aromatic hydroxyl groups is 2. The quantitative estimate of drug-likeness (QED) is 0.714. The van der Waals surface area contributed by atoms with E-state index in [-0.39, 0.29) is 29.4 Å². The Labute approximate surface area is 122 Å². The molecule has 110 valence electrons. The van der Waals surface area contributed by atoms with Gasteiger partial charge in [0.05, 0.1) is 12.0 Å². The predicted molar refractivity (Wildman–Crippen MR) is 77.6 cm³/mol. The maximum Gasteiger partial charge on any atom is 0.231 e. The second-order valence-corrected chi connectivity index (χ2v) is 6.11. The number of phenols is 2. The predicted octanol–water partition coefficient (Wildman–Crippen LogP) is 1.78. The molecule has 3 aliphatic rings. The topological polar surface area (TPSA) is 73.1 Å². The molecule has 0 aromatic heterocycles. The number of carbonyl (C=O) groups excluding carboxylic acids is 1. The van der Waals surface area contributed by atoms with Crippen LogP contribution in [0, 0.1) is 5.92 Å². The third-order valence-corrected chi connectivity index (χ3v) is 4.95.